The molecule has 0 aliphatic heterocycles. The second kappa shape index (κ2) is 9.68. The first-order valence-corrected chi connectivity index (χ1v) is 15.0. The van der Waals surface area contributed by atoms with Crippen LogP contribution in [0, 0.1) is 37.0 Å². The molecule has 0 unspecified atom stereocenters. The molecule has 0 heterocycles. The maximum Gasteiger partial charge on any atom is 0.264 e. The number of sulfonamides is 1. The van der Waals surface area contributed by atoms with Crippen molar-refractivity contribution in [2.75, 3.05) is 10.8 Å². The summed E-state index contributed by atoms with van der Waals surface area (Å²) in [6, 6.07) is 12.0. The standard InChI is InChI=1S/C29H37ClN2O3S/c1-19-10-20(2)12-26(11-19)32(36(34,35)27-6-4-25(30)5-7-27)9-8-28(33)31-21(3)29-16-22-13-23(17-29)15-24(14-22)18-29/h4-7,10-12,21-24H,8-9,13-18H2,1-3H3,(H,31,33)/t21-,22?,23?,24?,29?/m1/s1. The number of nitrogens with zero attached hydrogens (tertiary/aromatic N) is 1. The zero-order valence-corrected chi connectivity index (χ0v) is 23.0. The van der Waals surface area contributed by atoms with Gasteiger partial charge in [0, 0.05) is 24.0 Å². The Bertz CT molecular complexity index is 1190. The SMILES string of the molecule is Cc1cc(C)cc(N(CCC(=O)N[C@H](C)C23CC4CC(CC(C4)C2)C3)S(=O)(=O)c2ccc(Cl)cc2)c1. The molecular formula is C29H37ClN2O3S. The molecule has 6 rings (SSSR count). The fraction of sp³-hybridized carbons (Fsp3) is 0.552. The van der Waals surface area contributed by atoms with E-state index in [1.165, 1.54) is 55.0 Å². The van der Waals surface area contributed by atoms with Crippen molar-refractivity contribution in [3.63, 3.8) is 0 Å². The molecule has 2 aromatic carbocycles. The average molecular weight is 529 g/mol. The first-order valence-electron chi connectivity index (χ1n) is 13.2. The van der Waals surface area contributed by atoms with E-state index in [0.717, 1.165) is 28.9 Å². The van der Waals surface area contributed by atoms with Crippen molar-refractivity contribution in [1.82, 2.24) is 5.32 Å². The van der Waals surface area contributed by atoms with Gasteiger partial charge in [-0.15, -0.1) is 0 Å². The Labute approximate surface area is 220 Å². The molecule has 1 amide bonds. The Kier molecular flexibility index (Phi) is 6.88. The lowest BCUT2D eigenvalue weighted by Gasteiger charge is -2.59. The maximum absolute atomic E-state index is 13.7. The van der Waals surface area contributed by atoms with Crippen LogP contribution >= 0.6 is 11.6 Å². The van der Waals surface area contributed by atoms with Crippen molar-refractivity contribution in [3.05, 3.63) is 58.6 Å². The molecule has 36 heavy (non-hydrogen) atoms. The number of carbonyl (C=O) groups is 1. The van der Waals surface area contributed by atoms with Crippen molar-refractivity contribution in [1.29, 1.82) is 0 Å². The molecule has 0 radical (unpaired) electrons. The molecule has 4 aliphatic carbocycles. The lowest BCUT2D eigenvalue weighted by atomic mass is 9.48. The predicted molar refractivity (Wildman–Crippen MR) is 145 cm³/mol. The summed E-state index contributed by atoms with van der Waals surface area (Å²) in [6.45, 7) is 6.14. The highest BCUT2D eigenvalue weighted by Crippen LogP contribution is 2.61. The minimum atomic E-state index is -3.87. The summed E-state index contributed by atoms with van der Waals surface area (Å²) < 4.78 is 28.7. The Morgan fingerprint density at radius 1 is 1.00 bits per heavy atom. The van der Waals surface area contributed by atoms with Crippen LogP contribution in [-0.4, -0.2) is 26.9 Å². The summed E-state index contributed by atoms with van der Waals surface area (Å²) >= 11 is 6.00. The van der Waals surface area contributed by atoms with Crippen molar-refractivity contribution < 1.29 is 13.2 Å². The number of amides is 1. The Morgan fingerprint density at radius 3 is 2.06 bits per heavy atom. The number of hydrogen-bond donors (Lipinski definition) is 1. The zero-order chi connectivity index (χ0) is 25.7. The minimum absolute atomic E-state index is 0.0767. The van der Waals surface area contributed by atoms with Crippen LogP contribution in [-0.2, 0) is 14.8 Å². The molecule has 7 heteroatoms. The number of halogens is 1. The summed E-state index contributed by atoms with van der Waals surface area (Å²) in [5.41, 5.74) is 2.74. The van der Waals surface area contributed by atoms with E-state index >= 15 is 0 Å². The summed E-state index contributed by atoms with van der Waals surface area (Å²) in [4.78, 5) is 13.3. The van der Waals surface area contributed by atoms with E-state index < -0.39 is 10.0 Å². The largest absolute Gasteiger partial charge is 0.353 e. The van der Waals surface area contributed by atoms with Crippen LogP contribution in [0.5, 0.6) is 0 Å². The smallest absolute Gasteiger partial charge is 0.264 e. The number of aryl methyl sites for hydroxylation is 2. The lowest BCUT2D eigenvalue weighted by Crippen LogP contribution is -2.56. The van der Waals surface area contributed by atoms with E-state index in [1.54, 1.807) is 12.1 Å². The third-order valence-electron chi connectivity index (χ3n) is 8.82. The summed E-state index contributed by atoms with van der Waals surface area (Å²) in [7, 11) is -3.87. The van der Waals surface area contributed by atoms with Gasteiger partial charge >= 0.3 is 0 Å². The lowest BCUT2D eigenvalue weighted by molar-refractivity contribution is -0.125. The van der Waals surface area contributed by atoms with Gasteiger partial charge in [-0.3, -0.25) is 9.10 Å². The number of hydrogen-bond acceptors (Lipinski definition) is 3. The predicted octanol–water partition coefficient (Wildman–Crippen LogP) is 6.26. The molecule has 4 fully saturated rings. The van der Waals surface area contributed by atoms with E-state index in [2.05, 4.69) is 12.2 Å². The van der Waals surface area contributed by atoms with E-state index in [0.29, 0.717) is 10.7 Å². The second-order valence-electron chi connectivity index (χ2n) is 11.7. The first kappa shape index (κ1) is 25.6. The zero-order valence-electron chi connectivity index (χ0n) is 21.5. The van der Waals surface area contributed by atoms with Crippen LogP contribution in [0.25, 0.3) is 0 Å². The normalized spacial score (nSPS) is 27.6. The van der Waals surface area contributed by atoms with Crippen molar-refractivity contribution >= 4 is 33.2 Å². The van der Waals surface area contributed by atoms with Crippen LogP contribution in [0.2, 0.25) is 5.02 Å². The number of benzene rings is 2. The van der Waals surface area contributed by atoms with Crippen LogP contribution in [0.15, 0.2) is 47.4 Å². The molecular weight excluding hydrogens is 492 g/mol. The topological polar surface area (TPSA) is 66.5 Å². The van der Waals surface area contributed by atoms with Gasteiger partial charge in [0.2, 0.25) is 5.91 Å². The summed E-state index contributed by atoms with van der Waals surface area (Å²) in [6.07, 6.45) is 7.88. The minimum Gasteiger partial charge on any atom is -0.353 e. The highest BCUT2D eigenvalue weighted by molar-refractivity contribution is 7.92. The molecule has 4 aliphatic rings. The Morgan fingerprint density at radius 2 is 1.53 bits per heavy atom. The molecule has 5 nitrogen and oxygen atoms in total. The van der Waals surface area contributed by atoms with Crippen LogP contribution in [0.1, 0.15) is 63.0 Å². The molecule has 0 spiro atoms. The number of anilines is 1. The van der Waals surface area contributed by atoms with Gasteiger partial charge in [-0.1, -0.05) is 17.7 Å². The molecule has 1 atom stereocenters. The number of nitrogens with one attached hydrogen (secondary N) is 1. The average Bonchev–Trinajstić information content (AvgIpc) is 2.78. The van der Waals surface area contributed by atoms with Gasteiger partial charge in [0.05, 0.1) is 10.6 Å². The van der Waals surface area contributed by atoms with E-state index in [-0.39, 0.29) is 35.2 Å². The van der Waals surface area contributed by atoms with Gasteiger partial charge in [-0.05, 0) is 130 Å². The molecule has 194 valence electrons. The highest BCUT2D eigenvalue weighted by atomic mass is 35.5. The van der Waals surface area contributed by atoms with E-state index in [9.17, 15) is 13.2 Å². The van der Waals surface area contributed by atoms with Crippen molar-refractivity contribution in [2.45, 2.75) is 76.7 Å². The van der Waals surface area contributed by atoms with E-state index in [4.69, 9.17) is 11.6 Å². The molecule has 0 aromatic heterocycles. The Balaban J connectivity index is 1.33. The van der Waals surface area contributed by atoms with Gasteiger partial charge in [0.25, 0.3) is 10.0 Å². The third kappa shape index (κ3) is 5.04. The molecule has 4 saturated carbocycles. The fourth-order valence-corrected chi connectivity index (χ4v) is 9.17. The van der Waals surface area contributed by atoms with E-state index in [1.807, 2.05) is 32.0 Å². The van der Waals surface area contributed by atoms with Crippen LogP contribution in [0.3, 0.4) is 0 Å². The Hall–Kier alpha value is -2.05. The van der Waals surface area contributed by atoms with Gasteiger partial charge in [0.15, 0.2) is 0 Å². The number of carbonyl (C=O) groups excluding carboxylic acids is 1. The first-order chi connectivity index (χ1) is 17.0. The summed E-state index contributed by atoms with van der Waals surface area (Å²) in [5.74, 6) is 2.37. The molecule has 0 saturated heterocycles. The molecule has 2 aromatic rings. The van der Waals surface area contributed by atoms with Crippen LogP contribution in [0.4, 0.5) is 5.69 Å². The van der Waals surface area contributed by atoms with Gasteiger partial charge < -0.3 is 5.32 Å². The van der Waals surface area contributed by atoms with Gasteiger partial charge in [-0.25, -0.2) is 8.42 Å². The summed E-state index contributed by atoms with van der Waals surface area (Å²) in [5, 5.41) is 3.76. The fourth-order valence-electron chi connectivity index (χ4n) is 7.59. The van der Waals surface area contributed by atoms with Crippen molar-refractivity contribution in [2.24, 2.45) is 23.2 Å². The van der Waals surface area contributed by atoms with Crippen molar-refractivity contribution in [3.8, 4) is 0 Å². The third-order valence-corrected chi connectivity index (χ3v) is 10.9. The monoisotopic (exact) mass is 528 g/mol. The van der Waals surface area contributed by atoms with Gasteiger partial charge in [0.1, 0.15) is 0 Å². The number of rotatable bonds is 8. The highest BCUT2D eigenvalue weighted by Gasteiger charge is 2.53. The quantitative estimate of drug-likeness (QED) is 0.439. The maximum atomic E-state index is 13.7. The second-order valence-corrected chi connectivity index (χ2v) is 14.0. The van der Waals surface area contributed by atoms with Gasteiger partial charge in [-0.2, -0.15) is 0 Å². The van der Waals surface area contributed by atoms with Crippen LogP contribution < -0.4 is 9.62 Å². The molecule has 1 N–H and O–H groups in total. The molecule has 4 bridgehead atoms.